The molecular weight excluding hydrogens is 482 g/mol. The first-order valence-electron chi connectivity index (χ1n) is 10.6. The van der Waals surface area contributed by atoms with Gasteiger partial charge in [-0.1, -0.05) is 29.8 Å². The fourth-order valence-corrected chi connectivity index (χ4v) is 7.01. The Kier molecular flexibility index (Phi) is 6.74. The zero-order chi connectivity index (χ0) is 23.8. The van der Waals surface area contributed by atoms with E-state index in [4.69, 9.17) is 16.6 Å². The zero-order valence-corrected chi connectivity index (χ0v) is 20.7. The number of halogens is 1. The first-order valence-corrected chi connectivity index (χ1v) is 13.4. The van der Waals surface area contributed by atoms with Crippen LogP contribution in [-0.4, -0.2) is 36.7 Å². The number of piperidine rings is 1. The molecule has 0 unspecified atom stereocenters. The molecule has 2 aromatic carbocycles. The number of aryl methyl sites for hydroxylation is 2. The van der Waals surface area contributed by atoms with E-state index in [1.54, 1.807) is 11.3 Å². The van der Waals surface area contributed by atoms with Gasteiger partial charge in [-0.2, -0.15) is 0 Å². The summed E-state index contributed by atoms with van der Waals surface area (Å²) in [5.41, 5.74) is 4.40. The van der Waals surface area contributed by atoms with Gasteiger partial charge >= 0.3 is 0 Å². The topological polar surface area (TPSA) is 93.4 Å². The number of thiazole rings is 1. The monoisotopic (exact) mass is 505 g/mol. The Balaban J connectivity index is 1.44. The largest absolute Gasteiger partial charge is 0.348 e. The molecule has 0 atom stereocenters. The highest BCUT2D eigenvalue weighted by molar-refractivity contribution is 7.92. The lowest BCUT2D eigenvalue weighted by Crippen LogP contribution is -2.39. The first kappa shape index (κ1) is 23.7. The summed E-state index contributed by atoms with van der Waals surface area (Å²) < 4.78 is 26.2. The molecule has 0 aliphatic carbocycles. The smallest absolute Gasteiger partial charge is 0.289 e. The van der Waals surface area contributed by atoms with Crippen LogP contribution in [0.3, 0.4) is 0 Å². The molecule has 1 saturated heterocycles. The number of nitro groups is 1. The number of aromatic nitrogens is 1. The third-order valence-electron chi connectivity index (χ3n) is 6.14. The SMILES string of the molecule is Cc1cccc(C)c1Cc1csc(N2CCC(S(=O)(=O)c3ccc(Cl)c([N+](=O)[O-])c3)CC2)n1. The van der Waals surface area contributed by atoms with Gasteiger partial charge in [-0.15, -0.1) is 11.3 Å². The maximum absolute atomic E-state index is 13.1. The Morgan fingerprint density at radius 1 is 1.18 bits per heavy atom. The molecule has 0 spiro atoms. The number of hydrogen-bond donors (Lipinski definition) is 0. The molecule has 1 aromatic heterocycles. The Hall–Kier alpha value is -2.49. The Bertz CT molecular complexity index is 1280. The van der Waals surface area contributed by atoms with E-state index < -0.39 is 25.7 Å². The molecule has 1 aliphatic rings. The van der Waals surface area contributed by atoms with Crippen LogP contribution < -0.4 is 4.90 Å². The number of sulfone groups is 1. The minimum Gasteiger partial charge on any atom is -0.348 e. The van der Waals surface area contributed by atoms with Gasteiger partial charge in [-0.25, -0.2) is 13.4 Å². The molecule has 7 nitrogen and oxygen atoms in total. The van der Waals surface area contributed by atoms with Gasteiger partial charge in [0.1, 0.15) is 5.02 Å². The highest BCUT2D eigenvalue weighted by atomic mass is 35.5. The van der Waals surface area contributed by atoms with Crippen LogP contribution in [0.15, 0.2) is 46.7 Å². The lowest BCUT2D eigenvalue weighted by atomic mass is 9.99. The number of hydrogen-bond acceptors (Lipinski definition) is 7. The number of nitrogens with zero attached hydrogens (tertiary/aromatic N) is 3. The van der Waals surface area contributed by atoms with Gasteiger partial charge in [0, 0.05) is 31.0 Å². The predicted octanol–water partition coefficient (Wildman–Crippen LogP) is 5.36. The van der Waals surface area contributed by atoms with E-state index in [0.29, 0.717) is 25.9 Å². The van der Waals surface area contributed by atoms with Gasteiger partial charge in [-0.3, -0.25) is 10.1 Å². The molecule has 0 amide bonds. The van der Waals surface area contributed by atoms with Gasteiger partial charge in [0.2, 0.25) is 0 Å². The second kappa shape index (κ2) is 9.40. The highest BCUT2D eigenvalue weighted by Crippen LogP contribution is 2.33. The molecule has 33 heavy (non-hydrogen) atoms. The van der Waals surface area contributed by atoms with Gasteiger partial charge in [0.25, 0.3) is 5.69 Å². The molecule has 3 aromatic rings. The predicted molar refractivity (Wildman–Crippen MR) is 131 cm³/mol. The lowest BCUT2D eigenvalue weighted by molar-refractivity contribution is -0.384. The maximum atomic E-state index is 13.1. The molecular formula is C23H24ClN3O4S2. The third-order valence-corrected chi connectivity index (χ3v) is 9.67. The van der Waals surface area contributed by atoms with E-state index in [1.165, 1.54) is 28.8 Å². The summed E-state index contributed by atoms with van der Waals surface area (Å²) >= 11 is 7.41. The maximum Gasteiger partial charge on any atom is 0.289 e. The minimum atomic E-state index is -3.69. The van der Waals surface area contributed by atoms with E-state index in [2.05, 4.69) is 42.3 Å². The second-order valence-corrected chi connectivity index (χ2v) is 11.7. The van der Waals surface area contributed by atoms with Crippen molar-refractivity contribution in [2.75, 3.05) is 18.0 Å². The molecule has 0 saturated carbocycles. The molecule has 2 heterocycles. The fourth-order valence-electron chi connectivity index (χ4n) is 4.19. The highest BCUT2D eigenvalue weighted by Gasteiger charge is 2.33. The molecule has 0 N–H and O–H groups in total. The Labute approximate surface area is 202 Å². The van der Waals surface area contributed by atoms with Crippen molar-refractivity contribution in [1.82, 2.24) is 4.98 Å². The van der Waals surface area contributed by atoms with Crippen molar-refractivity contribution >= 4 is 43.6 Å². The van der Waals surface area contributed by atoms with E-state index >= 15 is 0 Å². The van der Waals surface area contributed by atoms with Crippen molar-refractivity contribution in [1.29, 1.82) is 0 Å². The summed E-state index contributed by atoms with van der Waals surface area (Å²) in [6.45, 7) is 5.35. The molecule has 0 bridgehead atoms. The van der Waals surface area contributed by atoms with Gasteiger partial charge in [-0.05, 0) is 55.5 Å². The summed E-state index contributed by atoms with van der Waals surface area (Å²) in [6.07, 6.45) is 1.64. The normalized spacial score (nSPS) is 15.1. The second-order valence-electron chi connectivity index (χ2n) is 8.27. The van der Waals surface area contributed by atoms with Crippen LogP contribution in [0.2, 0.25) is 5.02 Å². The summed E-state index contributed by atoms with van der Waals surface area (Å²) in [5, 5.41) is 13.4. The van der Waals surface area contributed by atoms with Crippen LogP contribution in [0.25, 0.3) is 0 Å². The van der Waals surface area contributed by atoms with Gasteiger partial charge in [0.05, 0.1) is 20.8 Å². The van der Waals surface area contributed by atoms with Crippen molar-refractivity contribution in [2.24, 2.45) is 0 Å². The van der Waals surface area contributed by atoms with Crippen LogP contribution in [0, 0.1) is 24.0 Å². The minimum absolute atomic E-state index is 0.0535. The van der Waals surface area contributed by atoms with Crippen molar-refractivity contribution in [2.45, 2.75) is 43.3 Å². The average molecular weight is 506 g/mol. The third kappa shape index (κ3) is 4.90. The van der Waals surface area contributed by atoms with Crippen LogP contribution >= 0.6 is 22.9 Å². The van der Waals surface area contributed by atoms with E-state index in [1.807, 2.05) is 0 Å². The van der Waals surface area contributed by atoms with Crippen molar-refractivity contribution in [3.8, 4) is 0 Å². The molecule has 4 rings (SSSR count). The lowest BCUT2D eigenvalue weighted by Gasteiger charge is -2.31. The summed E-state index contributed by atoms with van der Waals surface area (Å²) in [6, 6.07) is 9.95. The van der Waals surface area contributed by atoms with Crippen molar-refractivity contribution in [3.05, 3.63) is 79.3 Å². The van der Waals surface area contributed by atoms with E-state index in [9.17, 15) is 18.5 Å². The quantitative estimate of drug-likeness (QED) is 0.331. The summed E-state index contributed by atoms with van der Waals surface area (Å²) in [5.74, 6) is 0. The standard InChI is InChI=1S/C23H24ClN3O4S2/c1-15-4-3-5-16(2)20(15)12-17-14-32-23(25-17)26-10-8-18(9-11-26)33(30,31)19-6-7-21(24)22(13-19)27(28)29/h3-7,13-14,18H,8-12H2,1-2H3. The number of benzene rings is 2. The number of rotatable bonds is 6. The fraction of sp³-hybridized carbons (Fsp3) is 0.348. The summed E-state index contributed by atoms with van der Waals surface area (Å²) in [4.78, 5) is 17.4. The van der Waals surface area contributed by atoms with Crippen LogP contribution in [-0.2, 0) is 16.3 Å². The molecule has 174 valence electrons. The van der Waals surface area contributed by atoms with Gasteiger partial charge in [0.15, 0.2) is 15.0 Å². The molecule has 0 radical (unpaired) electrons. The van der Waals surface area contributed by atoms with Gasteiger partial charge < -0.3 is 4.90 Å². The van der Waals surface area contributed by atoms with Crippen molar-refractivity contribution < 1.29 is 13.3 Å². The van der Waals surface area contributed by atoms with E-state index in [0.717, 1.165) is 23.3 Å². The summed E-state index contributed by atoms with van der Waals surface area (Å²) in [7, 11) is -3.69. The van der Waals surface area contributed by atoms with Crippen LogP contribution in [0.1, 0.15) is 35.2 Å². The Morgan fingerprint density at radius 3 is 2.48 bits per heavy atom. The molecule has 1 aliphatic heterocycles. The molecule has 10 heteroatoms. The number of anilines is 1. The Morgan fingerprint density at radius 2 is 1.85 bits per heavy atom. The van der Waals surface area contributed by atoms with Crippen LogP contribution in [0.5, 0.6) is 0 Å². The zero-order valence-electron chi connectivity index (χ0n) is 18.3. The molecule has 1 fully saturated rings. The average Bonchev–Trinajstić information content (AvgIpc) is 3.25. The van der Waals surface area contributed by atoms with Crippen molar-refractivity contribution in [3.63, 3.8) is 0 Å². The number of nitro benzene ring substituents is 1. The first-order chi connectivity index (χ1) is 15.7. The van der Waals surface area contributed by atoms with E-state index in [-0.39, 0.29) is 9.92 Å². The van der Waals surface area contributed by atoms with Crippen LogP contribution in [0.4, 0.5) is 10.8 Å².